The lowest BCUT2D eigenvalue weighted by molar-refractivity contribution is 0.0696. The lowest BCUT2D eigenvalue weighted by Gasteiger charge is -2.30. The molecule has 2 aliphatic rings. The first-order valence-electron chi connectivity index (χ1n) is 11.2. The van der Waals surface area contributed by atoms with E-state index in [1.807, 2.05) is 4.90 Å². The van der Waals surface area contributed by atoms with Crippen molar-refractivity contribution in [3.05, 3.63) is 42.4 Å². The van der Waals surface area contributed by atoms with Crippen molar-refractivity contribution in [1.82, 2.24) is 19.9 Å². The summed E-state index contributed by atoms with van der Waals surface area (Å²) in [5.41, 5.74) is 0.820. The van der Waals surface area contributed by atoms with Gasteiger partial charge in [0.05, 0.1) is 24.1 Å². The van der Waals surface area contributed by atoms with Crippen molar-refractivity contribution in [2.45, 2.75) is 37.8 Å². The average molecular weight is 450 g/mol. The lowest BCUT2D eigenvalue weighted by Crippen LogP contribution is -2.37. The first-order chi connectivity index (χ1) is 16.2. The molecule has 0 radical (unpaired) electrons. The van der Waals surface area contributed by atoms with Gasteiger partial charge in [0.15, 0.2) is 0 Å². The van der Waals surface area contributed by atoms with Crippen molar-refractivity contribution < 1.29 is 19.4 Å². The van der Waals surface area contributed by atoms with Crippen LogP contribution < -0.4 is 15.0 Å². The molecule has 10 heteroatoms. The number of fused-ring (bicyclic) bond motifs is 1. The van der Waals surface area contributed by atoms with Gasteiger partial charge in [-0.3, -0.25) is 0 Å². The highest BCUT2D eigenvalue weighted by molar-refractivity contribution is 5.99. The van der Waals surface area contributed by atoms with Gasteiger partial charge in [0.25, 0.3) is 0 Å². The van der Waals surface area contributed by atoms with Crippen molar-refractivity contribution in [1.29, 1.82) is 0 Å². The number of ether oxygens (including phenoxy) is 2. The van der Waals surface area contributed by atoms with Crippen LogP contribution in [-0.4, -0.2) is 69.5 Å². The Morgan fingerprint density at radius 3 is 2.58 bits per heavy atom. The summed E-state index contributed by atoms with van der Waals surface area (Å²) in [5, 5.41) is 13.8. The third-order valence-electron chi connectivity index (χ3n) is 6.08. The first-order valence-corrected chi connectivity index (χ1v) is 11.2. The van der Waals surface area contributed by atoms with Crippen molar-refractivity contribution in [3.63, 3.8) is 0 Å². The highest BCUT2D eigenvalue weighted by atomic mass is 16.5. The molecule has 3 aromatic rings. The molecule has 10 nitrogen and oxygen atoms in total. The molecule has 1 saturated heterocycles. The van der Waals surface area contributed by atoms with E-state index in [0.29, 0.717) is 60.9 Å². The Kier molecular flexibility index (Phi) is 6.16. The van der Waals surface area contributed by atoms with Gasteiger partial charge in [0.2, 0.25) is 11.8 Å². The number of aromatic nitrogens is 4. The molecule has 1 aliphatic carbocycles. The minimum absolute atomic E-state index is 0.00467. The van der Waals surface area contributed by atoms with Crippen molar-refractivity contribution in [3.8, 4) is 5.88 Å². The van der Waals surface area contributed by atoms with Gasteiger partial charge in [-0.15, -0.1) is 0 Å². The Hall–Kier alpha value is -3.53. The number of morpholine rings is 1. The number of hydrogen-bond donors (Lipinski definition) is 2. The summed E-state index contributed by atoms with van der Waals surface area (Å²) in [6, 6.07) is 5.52. The Labute approximate surface area is 191 Å². The maximum atomic E-state index is 12.0. The van der Waals surface area contributed by atoms with Crippen LogP contribution >= 0.6 is 0 Å². The molecule has 1 aliphatic heterocycles. The second-order valence-electron chi connectivity index (χ2n) is 8.26. The van der Waals surface area contributed by atoms with Crippen LogP contribution in [0.1, 0.15) is 36.0 Å². The molecule has 33 heavy (non-hydrogen) atoms. The number of carboxylic acids is 1. The van der Waals surface area contributed by atoms with Gasteiger partial charge >= 0.3 is 5.97 Å². The minimum atomic E-state index is -1.02. The van der Waals surface area contributed by atoms with E-state index in [9.17, 15) is 9.90 Å². The smallest absolute Gasteiger partial charge is 0.339 e. The fourth-order valence-electron chi connectivity index (χ4n) is 4.37. The predicted molar refractivity (Wildman–Crippen MR) is 122 cm³/mol. The summed E-state index contributed by atoms with van der Waals surface area (Å²) in [6.07, 6.45) is 8.67. The summed E-state index contributed by atoms with van der Waals surface area (Å²) < 4.78 is 11.6. The molecule has 172 valence electrons. The number of nitrogens with zero attached hydrogens (tertiary/aromatic N) is 5. The highest BCUT2D eigenvalue weighted by Gasteiger charge is 2.26. The van der Waals surface area contributed by atoms with Crippen LogP contribution in [0.3, 0.4) is 0 Å². The number of anilines is 2. The molecule has 5 rings (SSSR count). The number of pyridine rings is 2. The summed E-state index contributed by atoms with van der Waals surface area (Å²) in [7, 11) is 0. The lowest BCUT2D eigenvalue weighted by atomic mass is 9.93. The van der Waals surface area contributed by atoms with Gasteiger partial charge in [-0.05, 0) is 43.9 Å². The van der Waals surface area contributed by atoms with Gasteiger partial charge in [-0.1, -0.05) is 0 Å². The summed E-state index contributed by atoms with van der Waals surface area (Å²) in [4.78, 5) is 31.5. The van der Waals surface area contributed by atoms with E-state index in [4.69, 9.17) is 9.47 Å². The maximum Gasteiger partial charge on any atom is 0.339 e. The Balaban J connectivity index is 1.32. The van der Waals surface area contributed by atoms with E-state index in [1.165, 1.54) is 0 Å². The zero-order chi connectivity index (χ0) is 22.6. The van der Waals surface area contributed by atoms with Gasteiger partial charge in [-0.25, -0.2) is 24.7 Å². The van der Waals surface area contributed by atoms with Gasteiger partial charge < -0.3 is 24.8 Å². The van der Waals surface area contributed by atoms with Crippen molar-refractivity contribution in [2.24, 2.45) is 0 Å². The number of rotatable bonds is 6. The standard InChI is InChI=1S/C23H26N6O4/c30-22(31)18-14-17-19(28-20(18)29-10-12-32-13-11-29)6-9-24-21(17)33-16-4-2-15(3-5-16)27-23-25-7-1-8-26-23/h1,6-9,14-16H,2-5,10-13H2,(H,30,31)(H,25,26,27). The van der Waals surface area contributed by atoms with Crippen LogP contribution in [0.4, 0.5) is 11.8 Å². The monoisotopic (exact) mass is 450 g/mol. The molecule has 0 spiro atoms. The average Bonchev–Trinajstić information content (AvgIpc) is 2.86. The molecular weight excluding hydrogens is 424 g/mol. The number of carboxylic acid groups (broad SMARTS) is 1. The van der Waals surface area contributed by atoms with Gasteiger partial charge in [-0.2, -0.15) is 0 Å². The molecule has 2 fully saturated rings. The molecule has 0 bridgehead atoms. The molecule has 0 unspecified atom stereocenters. The van der Waals surface area contributed by atoms with E-state index in [1.54, 1.807) is 36.8 Å². The molecule has 2 N–H and O–H groups in total. The van der Waals surface area contributed by atoms with Crippen molar-refractivity contribution >= 4 is 28.6 Å². The van der Waals surface area contributed by atoms with Crippen molar-refractivity contribution in [2.75, 3.05) is 36.5 Å². The second kappa shape index (κ2) is 9.53. The third kappa shape index (κ3) is 4.80. The number of aromatic carboxylic acids is 1. The molecule has 0 aromatic carbocycles. The normalized spacial score (nSPS) is 21.0. The zero-order valence-electron chi connectivity index (χ0n) is 18.2. The Bertz CT molecular complexity index is 1110. The number of nitrogens with one attached hydrogen (secondary N) is 1. The molecule has 0 atom stereocenters. The van der Waals surface area contributed by atoms with Crippen LogP contribution in [0.2, 0.25) is 0 Å². The quantitative estimate of drug-likeness (QED) is 0.579. The summed E-state index contributed by atoms with van der Waals surface area (Å²) in [5.74, 6) is 0.514. The van der Waals surface area contributed by atoms with E-state index in [-0.39, 0.29) is 11.7 Å². The van der Waals surface area contributed by atoms with Crippen LogP contribution in [0, 0.1) is 0 Å². The molecular formula is C23H26N6O4. The zero-order valence-corrected chi connectivity index (χ0v) is 18.2. The van der Waals surface area contributed by atoms with Crippen LogP contribution in [0.25, 0.3) is 10.9 Å². The predicted octanol–water partition coefficient (Wildman–Crippen LogP) is 2.76. The number of carbonyl (C=O) groups is 1. The Morgan fingerprint density at radius 1 is 1.09 bits per heavy atom. The third-order valence-corrected chi connectivity index (χ3v) is 6.08. The van der Waals surface area contributed by atoms with E-state index < -0.39 is 5.97 Å². The fraction of sp³-hybridized carbons (Fsp3) is 0.435. The number of hydrogen-bond acceptors (Lipinski definition) is 9. The summed E-state index contributed by atoms with van der Waals surface area (Å²) in [6.45, 7) is 2.33. The molecule has 1 saturated carbocycles. The summed E-state index contributed by atoms with van der Waals surface area (Å²) >= 11 is 0. The topological polar surface area (TPSA) is 123 Å². The highest BCUT2D eigenvalue weighted by Crippen LogP contribution is 2.31. The largest absolute Gasteiger partial charge is 0.478 e. The van der Waals surface area contributed by atoms with Gasteiger partial charge in [0, 0.05) is 37.7 Å². The van der Waals surface area contributed by atoms with Crippen LogP contribution in [0.15, 0.2) is 36.8 Å². The Morgan fingerprint density at radius 2 is 1.85 bits per heavy atom. The van der Waals surface area contributed by atoms with E-state index in [0.717, 1.165) is 25.7 Å². The van der Waals surface area contributed by atoms with Gasteiger partial charge in [0.1, 0.15) is 17.5 Å². The molecule has 4 heterocycles. The molecule has 0 amide bonds. The maximum absolute atomic E-state index is 12.0. The molecule has 3 aromatic heterocycles. The van der Waals surface area contributed by atoms with E-state index in [2.05, 4.69) is 25.3 Å². The van der Waals surface area contributed by atoms with E-state index >= 15 is 0 Å². The minimum Gasteiger partial charge on any atom is -0.478 e. The second-order valence-corrected chi connectivity index (χ2v) is 8.26. The van der Waals surface area contributed by atoms with Crippen LogP contribution in [0.5, 0.6) is 5.88 Å². The SMILES string of the molecule is O=C(O)c1cc2c(OC3CCC(Nc4ncccn4)CC3)nccc2nc1N1CCOCC1. The fourth-order valence-corrected chi connectivity index (χ4v) is 4.37. The first kappa shape index (κ1) is 21.3. The van der Waals surface area contributed by atoms with Crippen LogP contribution in [-0.2, 0) is 4.74 Å².